The quantitative estimate of drug-likeness (QED) is 0.487. The van der Waals surface area contributed by atoms with Gasteiger partial charge in [-0.3, -0.25) is 0 Å². The normalized spacial score (nSPS) is 13.8. The minimum atomic E-state index is -0.968. The molecular weight excluding hydrogens is 350 g/mol. The largest absolute Gasteiger partial charge is 0.493 e. The number of rotatable bonds is 8. The van der Waals surface area contributed by atoms with Gasteiger partial charge in [-0.2, -0.15) is 11.3 Å². The summed E-state index contributed by atoms with van der Waals surface area (Å²) in [5.41, 5.74) is 0.845. The first-order valence-electron chi connectivity index (χ1n) is 8.49. The fourth-order valence-electron chi connectivity index (χ4n) is 2.51. The van der Waals surface area contributed by atoms with Crippen molar-refractivity contribution in [2.24, 2.45) is 4.99 Å². The number of ether oxygens (including phenoxy) is 2. The van der Waals surface area contributed by atoms with Crippen LogP contribution in [0.2, 0.25) is 0 Å². The Kier molecular flexibility index (Phi) is 7.29. The lowest BCUT2D eigenvalue weighted by atomic mass is 9.99. The molecule has 0 spiro atoms. The van der Waals surface area contributed by atoms with Crippen molar-refractivity contribution in [2.75, 3.05) is 27.3 Å². The topological polar surface area (TPSA) is 75.1 Å². The summed E-state index contributed by atoms with van der Waals surface area (Å²) < 4.78 is 10.8. The van der Waals surface area contributed by atoms with Crippen LogP contribution in [0.3, 0.4) is 0 Å². The summed E-state index contributed by atoms with van der Waals surface area (Å²) in [5.74, 6) is 1.99. The Balaban J connectivity index is 2.10. The Morgan fingerprint density at radius 1 is 1.23 bits per heavy atom. The van der Waals surface area contributed by atoms with Gasteiger partial charge < -0.3 is 25.2 Å². The first kappa shape index (κ1) is 20.1. The van der Waals surface area contributed by atoms with Crippen molar-refractivity contribution in [1.82, 2.24) is 10.6 Å². The number of hydrogen-bond donors (Lipinski definition) is 3. The van der Waals surface area contributed by atoms with Crippen LogP contribution < -0.4 is 20.1 Å². The molecule has 1 aromatic heterocycles. The molecule has 0 amide bonds. The van der Waals surface area contributed by atoms with Crippen LogP contribution in [0.25, 0.3) is 0 Å². The van der Waals surface area contributed by atoms with Crippen molar-refractivity contribution in [3.8, 4) is 11.5 Å². The van der Waals surface area contributed by atoms with Crippen LogP contribution in [0.5, 0.6) is 11.5 Å². The van der Waals surface area contributed by atoms with E-state index in [0.29, 0.717) is 30.5 Å². The molecule has 0 aliphatic heterocycles. The molecule has 1 unspecified atom stereocenters. The average Bonchev–Trinajstić information content (AvgIpc) is 3.19. The predicted octanol–water partition coefficient (Wildman–Crippen LogP) is 2.73. The van der Waals surface area contributed by atoms with Gasteiger partial charge in [0.1, 0.15) is 5.60 Å². The van der Waals surface area contributed by atoms with Gasteiger partial charge in [0.25, 0.3) is 0 Å². The van der Waals surface area contributed by atoms with Gasteiger partial charge >= 0.3 is 0 Å². The maximum absolute atomic E-state index is 10.7. The van der Waals surface area contributed by atoms with Gasteiger partial charge in [-0.1, -0.05) is 12.1 Å². The lowest BCUT2D eigenvalue weighted by Crippen LogP contribution is -2.44. The maximum Gasteiger partial charge on any atom is 0.191 e. The molecule has 0 radical (unpaired) electrons. The van der Waals surface area contributed by atoms with E-state index in [1.165, 1.54) is 0 Å². The highest BCUT2D eigenvalue weighted by atomic mass is 32.1. The van der Waals surface area contributed by atoms with Crippen molar-refractivity contribution >= 4 is 17.3 Å². The minimum absolute atomic E-state index is 0.352. The fraction of sp³-hybridized carbons (Fsp3) is 0.421. The van der Waals surface area contributed by atoms with E-state index in [1.807, 2.05) is 41.9 Å². The Hall–Kier alpha value is -2.25. The summed E-state index contributed by atoms with van der Waals surface area (Å²) >= 11 is 1.57. The molecule has 0 aliphatic carbocycles. The van der Waals surface area contributed by atoms with E-state index in [-0.39, 0.29) is 0 Å². The molecule has 0 fully saturated rings. The van der Waals surface area contributed by atoms with E-state index in [9.17, 15) is 5.11 Å². The number of para-hydroxylation sites is 1. The van der Waals surface area contributed by atoms with Crippen molar-refractivity contribution in [1.29, 1.82) is 0 Å². The monoisotopic (exact) mass is 377 g/mol. The smallest absolute Gasteiger partial charge is 0.191 e. The van der Waals surface area contributed by atoms with Gasteiger partial charge in [0.05, 0.1) is 27.3 Å². The number of guanidine groups is 1. The molecule has 7 heteroatoms. The van der Waals surface area contributed by atoms with E-state index in [4.69, 9.17) is 9.47 Å². The maximum atomic E-state index is 10.7. The van der Waals surface area contributed by atoms with Crippen LogP contribution in [0.15, 0.2) is 40.0 Å². The predicted molar refractivity (Wildman–Crippen MR) is 106 cm³/mol. The SMILES string of the molecule is CCNC(=NCc1cccc(OC)c1OC)NCC(C)(O)c1ccsc1. The van der Waals surface area contributed by atoms with E-state index < -0.39 is 5.60 Å². The number of nitrogens with one attached hydrogen (secondary N) is 2. The molecule has 0 saturated heterocycles. The van der Waals surface area contributed by atoms with Crippen LogP contribution in [-0.4, -0.2) is 38.4 Å². The standard InChI is InChI=1S/C19H27N3O3S/c1-5-20-18(22-13-19(2,23)15-9-10-26-12-15)21-11-14-7-6-8-16(24-3)17(14)25-4/h6-10,12,23H,5,11,13H2,1-4H3,(H2,20,21,22). The number of hydrogen-bond acceptors (Lipinski definition) is 5. The molecule has 6 nitrogen and oxygen atoms in total. The average molecular weight is 378 g/mol. The molecule has 2 aromatic rings. The molecule has 0 saturated carbocycles. The second kappa shape index (κ2) is 9.45. The molecule has 1 aromatic carbocycles. The zero-order chi connectivity index (χ0) is 19.0. The number of benzene rings is 1. The van der Waals surface area contributed by atoms with Crippen LogP contribution in [0.1, 0.15) is 25.0 Å². The molecule has 0 bridgehead atoms. The number of nitrogens with zero attached hydrogens (tertiary/aromatic N) is 1. The zero-order valence-corrected chi connectivity index (χ0v) is 16.5. The summed E-state index contributed by atoms with van der Waals surface area (Å²) in [7, 11) is 3.23. The highest BCUT2D eigenvalue weighted by Crippen LogP contribution is 2.31. The Morgan fingerprint density at radius 2 is 2.04 bits per heavy atom. The van der Waals surface area contributed by atoms with Gasteiger partial charge in [0.2, 0.25) is 0 Å². The molecule has 26 heavy (non-hydrogen) atoms. The van der Waals surface area contributed by atoms with Gasteiger partial charge in [0, 0.05) is 12.1 Å². The molecule has 1 heterocycles. The van der Waals surface area contributed by atoms with Gasteiger partial charge in [0.15, 0.2) is 17.5 Å². The Morgan fingerprint density at radius 3 is 2.65 bits per heavy atom. The molecule has 3 N–H and O–H groups in total. The first-order valence-corrected chi connectivity index (χ1v) is 9.43. The lowest BCUT2D eigenvalue weighted by Gasteiger charge is -2.24. The number of aliphatic hydroxyl groups is 1. The molecule has 142 valence electrons. The van der Waals surface area contributed by atoms with Crippen molar-refractivity contribution < 1.29 is 14.6 Å². The fourth-order valence-corrected chi connectivity index (χ4v) is 3.30. The van der Waals surface area contributed by atoms with Crippen molar-refractivity contribution in [2.45, 2.75) is 26.0 Å². The second-order valence-corrected chi connectivity index (χ2v) is 6.77. The number of methoxy groups -OCH3 is 2. The van der Waals surface area contributed by atoms with E-state index in [2.05, 4.69) is 15.6 Å². The van der Waals surface area contributed by atoms with Crippen LogP contribution in [-0.2, 0) is 12.1 Å². The third-order valence-electron chi connectivity index (χ3n) is 3.98. The molecular formula is C19H27N3O3S. The highest BCUT2D eigenvalue weighted by molar-refractivity contribution is 7.08. The summed E-state index contributed by atoms with van der Waals surface area (Å²) in [6.07, 6.45) is 0. The molecule has 2 rings (SSSR count). The van der Waals surface area contributed by atoms with Crippen LogP contribution >= 0.6 is 11.3 Å². The van der Waals surface area contributed by atoms with E-state index in [1.54, 1.807) is 32.5 Å². The first-order chi connectivity index (χ1) is 12.5. The third-order valence-corrected chi connectivity index (χ3v) is 4.66. The highest BCUT2D eigenvalue weighted by Gasteiger charge is 2.23. The minimum Gasteiger partial charge on any atom is -0.493 e. The second-order valence-electron chi connectivity index (χ2n) is 5.99. The van der Waals surface area contributed by atoms with Gasteiger partial charge in [-0.05, 0) is 42.3 Å². The third kappa shape index (κ3) is 5.12. The van der Waals surface area contributed by atoms with Gasteiger partial charge in [-0.25, -0.2) is 4.99 Å². The zero-order valence-electron chi connectivity index (χ0n) is 15.7. The summed E-state index contributed by atoms with van der Waals surface area (Å²) in [4.78, 5) is 4.60. The Bertz CT molecular complexity index is 715. The summed E-state index contributed by atoms with van der Waals surface area (Å²) in [6.45, 7) is 5.29. The van der Waals surface area contributed by atoms with Crippen molar-refractivity contribution in [3.63, 3.8) is 0 Å². The van der Waals surface area contributed by atoms with Gasteiger partial charge in [-0.15, -0.1) is 0 Å². The number of thiophene rings is 1. The van der Waals surface area contributed by atoms with Crippen LogP contribution in [0, 0.1) is 0 Å². The summed E-state index contributed by atoms with van der Waals surface area (Å²) in [6, 6.07) is 7.65. The molecule has 1 atom stereocenters. The summed E-state index contributed by atoms with van der Waals surface area (Å²) in [5, 5.41) is 21.0. The van der Waals surface area contributed by atoms with E-state index in [0.717, 1.165) is 17.7 Å². The Labute approximate surface area is 158 Å². The molecule has 0 aliphatic rings. The van der Waals surface area contributed by atoms with Crippen molar-refractivity contribution in [3.05, 3.63) is 46.2 Å². The lowest BCUT2D eigenvalue weighted by molar-refractivity contribution is 0.0621. The van der Waals surface area contributed by atoms with E-state index >= 15 is 0 Å². The number of aliphatic imine (C=N–C) groups is 1. The van der Waals surface area contributed by atoms with Crippen LogP contribution in [0.4, 0.5) is 0 Å².